The van der Waals surface area contributed by atoms with Crippen LogP contribution in [0.2, 0.25) is 0 Å². The molecule has 6 heteroatoms. The maximum Gasteiger partial charge on any atom is 0.336 e. The van der Waals surface area contributed by atoms with Gasteiger partial charge < -0.3 is 19.6 Å². The van der Waals surface area contributed by atoms with Gasteiger partial charge >= 0.3 is 5.63 Å². The molecule has 1 saturated heterocycles. The summed E-state index contributed by atoms with van der Waals surface area (Å²) in [6.45, 7) is 4.53. The lowest BCUT2D eigenvalue weighted by Gasteiger charge is -2.29. The smallest absolute Gasteiger partial charge is 0.336 e. The Kier molecular flexibility index (Phi) is 5.71. The zero-order valence-corrected chi connectivity index (χ0v) is 15.6. The van der Waals surface area contributed by atoms with Gasteiger partial charge in [0.25, 0.3) is 0 Å². The van der Waals surface area contributed by atoms with Gasteiger partial charge in [-0.15, -0.1) is 0 Å². The molecular formula is C22H24N2O4. The quantitative estimate of drug-likeness (QED) is 0.638. The lowest BCUT2D eigenvalue weighted by Crippen LogP contribution is -2.47. The Morgan fingerprint density at radius 3 is 2.68 bits per heavy atom. The molecule has 0 bridgehead atoms. The van der Waals surface area contributed by atoms with Crippen LogP contribution in [0.1, 0.15) is 0 Å². The number of β-amino-alcohol motifs (C(OH)–C–C–N with tert-alkyl or cyclic N) is 1. The maximum absolute atomic E-state index is 12.0. The molecule has 1 aliphatic heterocycles. The Balaban J connectivity index is 1.49. The van der Waals surface area contributed by atoms with E-state index in [1.807, 2.05) is 42.5 Å². The number of nitrogens with zero attached hydrogens (tertiary/aromatic N) is 1. The Labute approximate surface area is 163 Å². The molecule has 0 spiro atoms. The summed E-state index contributed by atoms with van der Waals surface area (Å²) in [7, 11) is 0. The molecular weight excluding hydrogens is 356 g/mol. The fraction of sp³-hybridized carbons (Fsp3) is 0.318. The van der Waals surface area contributed by atoms with Crippen LogP contribution in [0.4, 0.5) is 0 Å². The van der Waals surface area contributed by atoms with E-state index in [-0.39, 0.29) is 6.61 Å². The van der Waals surface area contributed by atoms with Crippen LogP contribution in [-0.4, -0.2) is 55.4 Å². The van der Waals surface area contributed by atoms with Crippen molar-refractivity contribution in [2.45, 2.75) is 6.10 Å². The van der Waals surface area contributed by atoms with Crippen LogP contribution in [0, 0.1) is 0 Å². The van der Waals surface area contributed by atoms with Gasteiger partial charge in [-0.25, -0.2) is 4.79 Å². The summed E-state index contributed by atoms with van der Waals surface area (Å²) < 4.78 is 11.1. The second-order valence-corrected chi connectivity index (χ2v) is 7.02. The number of aliphatic hydroxyl groups excluding tert-OH is 1. The average molecular weight is 380 g/mol. The van der Waals surface area contributed by atoms with E-state index >= 15 is 0 Å². The zero-order valence-electron chi connectivity index (χ0n) is 15.6. The van der Waals surface area contributed by atoms with Gasteiger partial charge in [-0.3, -0.25) is 4.90 Å². The Hall–Kier alpha value is -2.67. The molecule has 0 saturated carbocycles. The fourth-order valence-electron chi connectivity index (χ4n) is 3.53. The molecule has 6 nitrogen and oxygen atoms in total. The van der Waals surface area contributed by atoms with Gasteiger partial charge in [-0.1, -0.05) is 30.3 Å². The predicted molar refractivity (Wildman–Crippen MR) is 109 cm³/mol. The highest BCUT2D eigenvalue weighted by Gasteiger charge is 2.15. The lowest BCUT2D eigenvalue weighted by atomic mass is 10.0. The topological polar surface area (TPSA) is 74.9 Å². The van der Waals surface area contributed by atoms with Crippen molar-refractivity contribution in [2.75, 3.05) is 39.3 Å². The van der Waals surface area contributed by atoms with Gasteiger partial charge in [0.2, 0.25) is 0 Å². The van der Waals surface area contributed by atoms with Crippen molar-refractivity contribution in [3.8, 4) is 16.9 Å². The van der Waals surface area contributed by atoms with E-state index in [1.165, 1.54) is 6.07 Å². The summed E-state index contributed by atoms with van der Waals surface area (Å²) in [4.78, 5) is 14.2. The molecule has 4 rings (SSSR count). The Morgan fingerprint density at radius 1 is 1.11 bits per heavy atom. The van der Waals surface area contributed by atoms with E-state index in [9.17, 15) is 9.90 Å². The predicted octanol–water partition coefficient (Wildman–Crippen LogP) is 2.10. The van der Waals surface area contributed by atoms with E-state index in [0.29, 0.717) is 17.9 Å². The molecule has 0 radical (unpaired) electrons. The van der Waals surface area contributed by atoms with Gasteiger partial charge in [0.15, 0.2) is 0 Å². The molecule has 0 aliphatic carbocycles. The fourth-order valence-corrected chi connectivity index (χ4v) is 3.53. The molecule has 2 aromatic carbocycles. The van der Waals surface area contributed by atoms with Crippen LogP contribution in [0.3, 0.4) is 0 Å². The first-order valence-electron chi connectivity index (χ1n) is 9.56. The molecule has 3 aromatic rings. The molecule has 1 atom stereocenters. The van der Waals surface area contributed by atoms with Crippen molar-refractivity contribution in [3.63, 3.8) is 0 Å². The number of fused-ring (bicyclic) bond motifs is 1. The van der Waals surface area contributed by atoms with E-state index in [2.05, 4.69) is 10.2 Å². The summed E-state index contributed by atoms with van der Waals surface area (Å²) in [6, 6.07) is 16.7. The number of rotatable bonds is 6. The minimum Gasteiger partial charge on any atom is -0.491 e. The minimum atomic E-state index is -0.573. The molecule has 0 amide bonds. The first-order valence-corrected chi connectivity index (χ1v) is 9.56. The average Bonchev–Trinajstić information content (AvgIpc) is 2.73. The van der Waals surface area contributed by atoms with Crippen molar-refractivity contribution in [1.82, 2.24) is 10.2 Å². The highest BCUT2D eigenvalue weighted by atomic mass is 16.5. The minimum absolute atomic E-state index is 0.193. The van der Waals surface area contributed by atoms with Crippen LogP contribution >= 0.6 is 0 Å². The number of piperazine rings is 1. The third-order valence-corrected chi connectivity index (χ3v) is 4.92. The second-order valence-electron chi connectivity index (χ2n) is 7.02. The first kappa shape index (κ1) is 18.7. The summed E-state index contributed by atoms with van der Waals surface area (Å²) in [5.41, 5.74) is 1.86. The molecule has 28 heavy (non-hydrogen) atoms. The van der Waals surface area contributed by atoms with Crippen molar-refractivity contribution in [1.29, 1.82) is 0 Å². The molecule has 1 unspecified atom stereocenters. The van der Waals surface area contributed by atoms with Gasteiger partial charge in [0.05, 0.1) is 0 Å². The van der Waals surface area contributed by atoms with Crippen LogP contribution < -0.4 is 15.7 Å². The summed E-state index contributed by atoms with van der Waals surface area (Å²) in [6.07, 6.45) is -0.573. The maximum atomic E-state index is 12.0. The van der Waals surface area contributed by atoms with Crippen molar-refractivity contribution in [3.05, 3.63) is 65.0 Å². The molecule has 2 N–H and O–H groups in total. The van der Waals surface area contributed by atoms with E-state index < -0.39 is 11.7 Å². The normalized spacial score (nSPS) is 16.2. The van der Waals surface area contributed by atoms with Gasteiger partial charge in [0, 0.05) is 50.2 Å². The Morgan fingerprint density at radius 2 is 1.89 bits per heavy atom. The zero-order chi connectivity index (χ0) is 19.3. The molecule has 2 heterocycles. The molecule has 146 valence electrons. The lowest BCUT2D eigenvalue weighted by molar-refractivity contribution is 0.0641. The van der Waals surface area contributed by atoms with Crippen molar-refractivity contribution < 1.29 is 14.3 Å². The number of ether oxygens (including phenoxy) is 1. The second kappa shape index (κ2) is 8.56. The van der Waals surface area contributed by atoms with Crippen molar-refractivity contribution >= 4 is 11.0 Å². The van der Waals surface area contributed by atoms with Crippen LogP contribution in [0.5, 0.6) is 5.75 Å². The van der Waals surface area contributed by atoms with Crippen LogP contribution in [-0.2, 0) is 0 Å². The number of nitrogens with one attached hydrogen (secondary N) is 1. The third kappa shape index (κ3) is 4.42. The molecule has 1 aliphatic rings. The largest absolute Gasteiger partial charge is 0.491 e. The summed E-state index contributed by atoms with van der Waals surface area (Å²) >= 11 is 0. The van der Waals surface area contributed by atoms with E-state index in [1.54, 1.807) is 6.07 Å². The number of hydrogen-bond acceptors (Lipinski definition) is 6. The van der Waals surface area contributed by atoms with Crippen LogP contribution in [0.25, 0.3) is 22.1 Å². The van der Waals surface area contributed by atoms with Crippen LogP contribution in [0.15, 0.2) is 63.8 Å². The van der Waals surface area contributed by atoms with Crippen molar-refractivity contribution in [2.24, 2.45) is 0 Å². The molecule has 1 fully saturated rings. The number of aliphatic hydroxyl groups is 1. The first-order chi connectivity index (χ1) is 13.7. The van der Waals surface area contributed by atoms with E-state index in [0.717, 1.165) is 42.7 Å². The summed E-state index contributed by atoms with van der Waals surface area (Å²) in [5, 5.41) is 14.4. The highest BCUT2D eigenvalue weighted by Crippen LogP contribution is 2.29. The number of hydrogen-bond donors (Lipinski definition) is 2. The Bertz CT molecular complexity index is 981. The van der Waals surface area contributed by atoms with Gasteiger partial charge in [-0.05, 0) is 23.3 Å². The van der Waals surface area contributed by atoms with Gasteiger partial charge in [-0.2, -0.15) is 0 Å². The SMILES string of the molecule is O=c1cc(-c2ccccc2)c2ccc(OCC(O)CN3CCNCC3)cc2o1. The monoisotopic (exact) mass is 380 g/mol. The molecule has 1 aromatic heterocycles. The summed E-state index contributed by atoms with van der Waals surface area (Å²) in [5.74, 6) is 0.570. The van der Waals surface area contributed by atoms with E-state index in [4.69, 9.17) is 9.15 Å². The highest BCUT2D eigenvalue weighted by molar-refractivity contribution is 5.93. The standard InChI is InChI=1S/C22H24N2O4/c25-17(14-24-10-8-23-9-11-24)15-27-18-6-7-19-20(16-4-2-1-3-5-16)13-22(26)28-21(19)12-18/h1-7,12-13,17,23,25H,8-11,14-15H2. The number of benzene rings is 2. The van der Waals surface area contributed by atoms with Gasteiger partial charge in [0.1, 0.15) is 24.0 Å². The third-order valence-electron chi connectivity index (χ3n) is 4.92.